The van der Waals surface area contributed by atoms with Crippen molar-refractivity contribution < 1.29 is 19.4 Å². The van der Waals surface area contributed by atoms with Crippen LogP contribution in [0.25, 0.3) is 0 Å². The van der Waals surface area contributed by atoms with Gasteiger partial charge in [-0.15, -0.1) is 0 Å². The van der Waals surface area contributed by atoms with Crippen LogP contribution in [0.15, 0.2) is 24.3 Å². The largest absolute Gasteiger partial charge is 0.870 e. The molecular formula is C7H10BNO4S. The minimum atomic E-state index is -3.18. The molecule has 0 amide bonds. The van der Waals surface area contributed by atoms with Crippen molar-refractivity contribution in [3.63, 3.8) is 0 Å². The molecule has 0 spiro atoms. The number of hydrogen-bond acceptors (Lipinski definition) is 4. The number of nitrogens with one attached hydrogen (secondary N) is 1. The Morgan fingerprint density at radius 1 is 1.14 bits per heavy atom. The van der Waals surface area contributed by atoms with E-state index in [2.05, 4.69) is 4.72 Å². The maximum atomic E-state index is 10.7. The smallest absolute Gasteiger partial charge is 0.870 e. The van der Waals surface area contributed by atoms with E-state index in [-0.39, 0.29) is 11.0 Å². The van der Waals surface area contributed by atoms with Crippen LogP contribution in [0.3, 0.4) is 0 Å². The predicted molar refractivity (Wildman–Crippen MR) is 54.2 cm³/mol. The minimum Gasteiger partial charge on any atom is -0.870 e. The number of rotatable bonds is 2. The molecule has 0 saturated heterocycles. The van der Waals surface area contributed by atoms with Crippen molar-refractivity contribution in [2.45, 2.75) is 0 Å². The molecule has 0 aliphatic rings. The standard InChI is InChI=1S/C7H8BNO2S.2H2O/c1-12(10,11)9-7-4-2-6(8)3-5-7;;/h2-5,9H,1H3;2*1H2/q+2;;/p-2. The molecule has 1 aromatic rings. The van der Waals surface area contributed by atoms with Crippen LogP contribution in [0.5, 0.6) is 0 Å². The Morgan fingerprint density at radius 2 is 1.57 bits per heavy atom. The molecule has 0 unspecified atom stereocenters. The summed E-state index contributed by atoms with van der Waals surface area (Å²) in [6, 6.07) is 6.48. The number of sulfonamides is 1. The van der Waals surface area contributed by atoms with E-state index < -0.39 is 10.0 Å². The molecule has 0 radical (unpaired) electrons. The predicted octanol–water partition coefficient (Wildman–Crippen LogP) is -0.502. The van der Waals surface area contributed by atoms with Gasteiger partial charge in [0.15, 0.2) is 0 Å². The molecule has 14 heavy (non-hydrogen) atoms. The fourth-order valence-corrected chi connectivity index (χ4v) is 1.33. The molecule has 1 aromatic carbocycles. The van der Waals surface area contributed by atoms with Gasteiger partial charge >= 0.3 is 72.7 Å². The van der Waals surface area contributed by atoms with Crippen molar-refractivity contribution in [1.29, 1.82) is 0 Å². The maximum Gasteiger partial charge on any atom is -0.870 e. The molecule has 0 aliphatic carbocycles. The molecule has 3 N–H and O–H groups in total. The van der Waals surface area contributed by atoms with Crippen molar-refractivity contribution in [3.05, 3.63) is 24.3 Å². The van der Waals surface area contributed by atoms with Gasteiger partial charge in [-0.3, -0.25) is 0 Å². The number of benzene rings is 1. The summed E-state index contributed by atoms with van der Waals surface area (Å²) in [6.07, 6.45) is 1.10. The van der Waals surface area contributed by atoms with Crippen LogP contribution in [0, 0.1) is 0 Å². The Hall–Kier alpha value is -1.05. The minimum absolute atomic E-state index is 0. The molecule has 5 nitrogen and oxygen atoms in total. The molecule has 0 aliphatic heterocycles. The summed E-state index contributed by atoms with van der Waals surface area (Å²) in [5.41, 5.74) is 1.13. The van der Waals surface area contributed by atoms with Crippen LogP contribution in [0.4, 0.5) is 5.69 Å². The normalized spacial score (nSPS) is 9.64. The van der Waals surface area contributed by atoms with E-state index >= 15 is 0 Å². The fourth-order valence-electron chi connectivity index (χ4n) is 0.765. The van der Waals surface area contributed by atoms with Gasteiger partial charge in [-0.25, -0.2) is 0 Å². The second kappa shape index (κ2) is 5.64. The monoisotopic (exact) mass is 215 g/mol. The summed E-state index contributed by atoms with van der Waals surface area (Å²) in [5, 5.41) is 0. The Morgan fingerprint density at radius 3 is 1.93 bits per heavy atom. The first kappa shape index (κ1) is 15.4. The average Bonchev–Trinajstić information content (AvgIpc) is 1.91. The van der Waals surface area contributed by atoms with Crippen molar-refractivity contribution in [3.8, 4) is 0 Å². The van der Waals surface area contributed by atoms with Gasteiger partial charge in [-0.1, -0.05) is 0 Å². The first-order valence-electron chi connectivity index (χ1n) is 3.31. The van der Waals surface area contributed by atoms with Gasteiger partial charge in [-0.05, 0) is 0 Å². The molecule has 0 fully saturated rings. The van der Waals surface area contributed by atoms with Crippen LogP contribution < -0.4 is 10.2 Å². The van der Waals surface area contributed by atoms with E-state index in [4.69, 9.17) is 7.85 Å². The molecule has 0 atom stereocenters. The first-order chi connectivity index (χ1) is 5.47. The third-order valence-corrected chi connectivity index (χ3v) is 1.82. The number of anilines is 1. The molecule has 0 saturated carbocycles. The third-order valence-electron chi connectivity index (χ3n) is 1.21. The summed E-state index contributed by atoms with van der Waals surface area (Å²) in [7, 11) is 2.23. The van der Waals surface area contributed by atoms with Gasteiger partial charge in [0, 0.05) is 0 Å². The van der Waals surface area contributed by atoms with E-state index in [0.717, 1.165) is 6.26 Å². The molecule has 7 heteroatoms. The summed E-state index contributed by atoms with van der Waals surface area (Å²) < 4.78 is 23.8. The van der Waals surface area contributed by atoms with Crippen molar-refractivity contribution in [2.75, 3.05) is 11.0 Å². The van der Waals surface area contributed by atoms with Gasteiger partial charge in [0.05, 0.1) is 0 Å². The SMILES string of the molecule is [B+2]c1ccc(NS(C)(=O)=O)cc1.[OH-].[OH-]. The van der Waals surface area contributed by atoms with Gasteiger partial charge in [-0.2, -0.15) is 0 Å². The van der Waals surface area contributed by atoms with E-state index in [9.17, 15) is 8.42 Å². The van der Waals surface area contributed by atoms with E-state index in [1.165, 1.54) is 0 Å². The van der Waals surface area contributed by atoms with Crippen LogP contribution in [-0.2, 0) is 10.0 Å². The summed E-state index contributed by atoms with van der Waals surface area (Å²) in [4.78, 5) is 0. The molecule has 0 heterocycles. The fraction of sp³-hybridized carbons (Fsp3) is 0.143. The van der Waals surface area contributed by atoms with E-state index in [1.807, 2.05) is 0 Å². The van der Waals surface area contributed by atoms with E-state index in [1.54, 1.807) is 24.3 Å². The molecule has 0 aromatic heterocycles. The Bertz CT molecular complexity index is 362. The van der Waals surface area contributed by atoms with Gasteiger partial charge in [0.1, 0.15) is 0 Å². The Balaban J connectivity index is 0. The zero-order valence-corrected chi connectivity index (χ0v) is 8.32. The third kappa shape index (κ3) is 5.57. The van der Waals surface area contributed by atoms with Crippen molar-refractivity contribution >= 4 is 29.0 Å². The summed E-state index contributed by atoms with van der Waals surface area (Å²) in [5.74, 6) is 0. The zero-order chi connectivity index (χ0) is 9.19. The summed E-state index contributed by atoms with van der Waals surface area (Å²) in [6.45, 7) is 0. The zero-order valence-electron chi connectivity index (χ0n) is 7.51. The maximum absolute atomic E-state index is 10.7. The molecular weight excluding hydrogens is 205 g/mol. The Kier molecular flexibility index (Phi) is 6.21. The first-order valence-corrected chi connectivity index (χ1v) is 5.20. The van der Waals surface area contributed by atoms with Crippen molar-refractivity contribution in [2.24, 2.45) is 0 Å². The van der Waals surface area contributed by atoms with Crippen LogP contribution >= 0.6 is 0 Å². The van der Waals surface area contributed by atoms with Gasteiger partial charge in [0.25, 0.3) is 0 Å². The number of hydrogen-bond donors (Lipinski definition) is 1. The summed E-state index contributed by atoms with van der Waals surface area (Å²) >= 11 is 0. The van der Waals surface area contributed by atoms with E-state index in [0.29, 0.717) is 11.2 Å². The molecule has 0 bridgehead atoms. The topological polar surface area (TPSA) is 106 Å². The Labute approximate surface area is 84.2 Å². The van der Waals surface area contributed by atoms with Gasteiger partial charge < -0.3 is 11.0 Å². The molecule has 1 rings (SSSR count). The van der Waals surface area contributed by atoms with Crippen LogP contribution in [-0.4, -0.2) is 33.5 Å². The second-order valence-corrected chi connectivity index (χ2v) is 4.24. The van der Waals surface area contributed by atoms with Crippen molar-refractivity contribution in [1.82, 2.24) is 0 Å². The average molecular weight is 215 g/mol. The van der Waals surface area contributed by atoms with Gasteiger partial charge in [0.2, 0.25) is 0 Å². The second-order valence-electron chi connectivity index (χ2n) is 2.50. The quantitative estimate of drug-likeness (QED) is 0.670. The molecule has 76 valence electrons. The van der Waals surface area contributed by atoms with Crippen LogP contribution in [0.1, 0.15) is 0 Å². The van der Waals surface area contributed by atoms with Crippen LogP contribution in [0.2, 0.25) is 0 Å².